The van der Waals surface area contributed by atoms with E-state index in [1.165, 1.54) is 11.3 Å². The summed E-state index contributed by atoms with van der Waals surface area (Å²) < 4.78 is 0. The smallest absolute Gasteiger partial charge is 0.180 e. The van der Waals surface area contributed by atoms with E-state index in [2.05, 4.69) is 0 Å². The minimum absolute atomic E-state index is 0.0315. The summed E-state index contributed by atoms with van der Waals surface area (Å²) in [5.74, 6) is 0.0150. The van der Waals surface area contributed by atoms with Gasteiger partial charge in [-0.25, -0.2) is 0 Å². The van der Waals surface area contributed by atoms with Gasteiger partial charge in [-0.2, -0.15) is 0 Å². The number of aryl methyl sites for hydroxylation is 1. The SMILES string of the molecule is CCCC(=O)CC(=O)c1sccc1C. The van der Waals surface area contributed by atoms with Gasteiger partial charge < -0.3 is 0 Å². The zero-order valence-corrected chi connectivity index (χ0v) is 9.32. The molecule has 1 rings (SSSR count). The van der Waals surface area contributed by atoms with E-state index in [9.17, 15) is 9.59 Å². The molecule has 1 aromatic heterocycles. The molecule has 1 aromatic rings. The van der Waals surface area contributed by atoms with E-state index in [0.717, 1.165) is 16.9 Å². The highest BCUT2D eigenvalue weighted by molar-refractivity contribution is 7.12. The maximum atomic E-state index is 11.6. The monoisotopic (exact) mass is 210 g/mol. The fraction of sp³-hybridized carbons (Fsp3) is 0.455. The molecule has 1 heterocycles. The van der Waals surface area contributed by atoms with E-state index in [4.69, 9.17) is 0 Å². The molecule has 0 radical (unpaired) electrons. The molecule has 0 aliphatic rings. The lowest BCUT2D eigenvalue weighted by Gasteiger charge is -1.98. The number of carbonyl (C=O) groups excluding carboxylic acids is 2. The lowest BCUT2D eigenvalue weighted by Crippen LogP contribution is -2.07. The second-order valence-corrected chi connectivity index (χ2v) is 4.24. The zero-order valence-electron chi connectivity index (χ0n) is 8.50. The Morgan fingerprint density at radius 2 is 2.14 bits per heavy atom. The minimum Gasteiger partial charge on any atom is -0.299 e. The van der Waals surface area contributed by atoms with Gasteiger partial charge in [-0.3, -0.25) is 9.59 Å². The first-order valence-corrected chi connectivity index (χ1v) is 5.62. The van der Waals surface area contributed by atoms with Gasteiger partial charge >= 0.3 is 0 Å². The van der Waals surface area contributed by atoms with Crippen LogP contribution in [0.25, 0.3) is 0 Å². The number of Topliss-reactive ketones (excluding diaryl/α,β-unsaturated/α-hetero) is 2. The summed E-state index contributed by atoms with van der Waals surface area (Å²) in [5.41, 5.74) is 0.976. The van der Waals surface area contributed by atoms with Crippen molar-refractivity contribution in [1.29, 1.82) is 0 Å². The largest absolute Gasteiger partial charge is 0.299 e. The molecular formula is C11H14O2S. The summed E-state index contributed by atoms with van der Waals surface area (Å²) >= 11 is 1.42. The third kappa shape index (κ3) is 2.77. The molecule has 0 unspecified atom stereocenters. The first-order valence-electron chi connectivity index (χ1n) is 4.74. The van der Waals surface area contributed by atoms with Crippen LogP contribution in [0.2, 0.25) is 0 Å². The average molecular weight is 210 g/mol. The molecule has 0 aliphatic heterocycles. The summed E-state index contributed by atoms with van der Waals surface area (Å²) in [7, 11) is 0. The molecule has 0 N–H and O–H groups in total. The van der Waals surface area contributed by atoms with Crippen LogP contribution in [-0.4, -0.2) is 11.6 Å². The fourth-order valence-corrected chi connectivity index (χ4v) is 2.15. The van der Waals surface area contributed by atoms with Crippen LogP contribution in [0.4, 0.5) is 0 Å². The third-order valence-electron chi connectivity index (χ3n) is 2.00. The highest BCUT2D eigenvalue weighted by Crippen LogP contribution is 2.17. The lowest BCUT2D eigenvalue weighted by molar-refractivity contribution is -0.118. The van der Waals surface area contributed by atoms with Crippen molar-refractivity contribution >= 4 is 22.9 Å². The Kier molecular flexibility index (Phi) is 4.01. The van der Waals surface area contributed by atoms with E-state index in [-0.39, 0.29) is 18.0 Å². The first-order chi connectivity index (χ1) is 6.65. The molecule has 0 bridgehead atoms. The van der Waals surface area contributed by atoms with Gasteiger partial charge in [0.2, 0.25) is 0 Å². The van der Waals surface area contributed by atoms with Crippen molar-refractivity contribution in [3.63, 3.8) is 0 Å². The molecule has 0 spiro atoms. The molecule has 0 fully saturated rings. The average Bonchev–Trinajstić information content (AvgIpc) is 2.51. The number of carbonyl (C=O) groups is 2. The van der Waals surface area contributed by atoms with Crippen molar-refractivity contribution < 1.29 is 9.59 Å². The number of hydrogen-bond donors (Lipinski definition) is 0. The number of hydrogen-bond acceptors (Lipinski definition) is 3. The molecule has 76 valence electrons. The first kappa shape index (κ1) is 11.1. The molecule has 0 aromatic carbocycles. The van der Waals surface area contributed by atoms with Crippen LogP contribution in [0, 0.1) is 6.92 Å². The van der Waals surface area contributed by atoms with Gasteiger partial charge in [0.05, 0.1) is 11.3 Å². The summed E-state index contributed by atoms with van der Waals surface area (Å²) in [6.45, 7) is 3.84. The highest BCUT2D eigenvalue weighted by Gasteiger charge is 2.13. The molecule has 0 aliphatic carbocycles. The van der Waals surface area contributed by atoms with Crippen LogP contribution in [0.3, 0.4) is 0 Å². The van der Waals surface area contributed by atoms with Crippen LogP contribution in [-0.2, 0) is 4.79 Å². The van der Waals surface area contributed by atoms with Crippen molar-refractivity contribution in [2.45, 2.75) is 33.1 Å². The van der Waals surface area contributed by atoms with Gasteiger partial charge in [0, 0.05) is 6.42 Å². The fourth-order valence-electron chi connectivity index (χ4n) is 1.28. The van der Waals surface area contributed by atoms with Crippen molar-refractivity contribution in [1.82, 2.24) is 0 Å². The third-order valence-corrected chi connectivity index (χ3v) is 3.06. The Morgan fingerprint density at radius 3 is 2.64 bits per heavy atom. The summed E-state index contributed by atoms with van der Waals surface area (Å²) in [4.78, 5) is 23.6. The second-order valence-electron chi connectivity index (χ2n) is 3.32. The van der Waals surface area contributed by atoms with Gasteiger partial charge in [0.1, 0.15) is 5.78 Å². The zero-order chi connectivity index (χ0) is 10.6. The molecule has 0 saturated carbocycles. The van der Waals surface area contributed by atoms with Crippen LogP contribution in [0.15, 0.2) is 11.4 Å². The topological polar surface area (TPSA) is 34.1 Å². The standard InChI is InChI=1S/C11H14O2S/c1-3-4-9(12)7-10(13)11-8(2)5-6-14-11/h5-6H,3-4,7H2,1-2H3. The summed E-state index contributed by atoms with van der Waals surface area (Å²) in [6.07, 6.45) is 1.39. The van der Waals surface area contributed by atoms with E-state index < -0.39 is 0 Å². The predicted molar refractivity (Wildman–Crippen MR) is 57.9 cm³/mol. The number of ketones is 2. The lowest BCUT2D eigenvalue weighted by atomic mass is 10.1. The molecular weight excluding hydrogens is 196 g/mol. The second kappa shape index (κ2) is 5.05. The van der Waals surface area contributed by atoms with E-state index in [1.54, 1.807) is 0 Å². The van der Waals surface area contributed by atoms with Gasteiger partial charge in [-0.15, -0.1) is 11.3 Å². The van der Waals surface area contributed by atoms with Gasteiger partial charge in [-0.05, 0) is 30.4 Å². The van der Waals surface area contributed by atoms with Crippen molar-refractivity contribution in [2.75, 3.05) is 0 Å². The van der Waals surface area contributed by atoms with E-state index >= 15 is 0 Å². The Balaban J connectivity index is 2.59. The van der Waals surface area contributed by atoms with Crippen molar-refractivity contribution in [3.05, 3.63) is 21.9 Å². The quantitative estimate of drug-likeness (QED) is 0.553. The molecule has 0 atom stereocenters. The Hall–Kier alpha value is -0.960. The van der Waals surface area contributed by atoms with Gasteiger partial charge in [-0.1, -0.05) is 6.92 Å². The predicted octanol–water partition coefficient (Wildman–Crippen LogP) is 3.00. The van der Waals surface area contributed by atoms with Crippen molar-refractivity contribution in [3.8, 4) is 0 Å². The summed E-state index contributed by atoms with van der Waals surface area (Å²) in [5, 5.41) is 1.88. The number of thiophene rings is 1. The summed E-state index contributed by atoms with van der Waals surface area (Å²) in [6, 6.07) is 1.90. The van der Waals surface area contributed by atoms with Crippen LogP contribution >= 0.6 is 11.3 Å². The van der Waals surface area contributed by atoms with Crippen LogP contribution in [0.1, 0.15) is 41.4 Å². The van der Waals surface area contributed by atoms with E-state index in [1.807, 2.05) is 25.3 Å². The maximum Gasteiger partial charge on any atom is 0.180 e. The van der Waals surface area contributed by atoms with Gasteiger partial charge in [0.15, 0.2) is 5.78 Å². The molecule has 14 heavy (non-hydrogen) atoms. The number of rotatable bonds is 5. The molecule has 3 heteroatoms. The van der Waals surface area contributed by atoms with E-state index in [0.29, 0.717) is 6.42 Å². The van der Waals surface area contributed by atoms with Crippen molar-refractivity contribution in [2.24, 2.45) is 0 Å². The van der Waals surface area contributed by atoms with Gasteiger partial charge in [0.25, 0.3) is 0 Å². The Morgan fingerprint density at radius 1 is 1.43 bits per heavy atom. The normalized spacial score (nSPS) is 10.1. The maximum absolute atomic E-state index is 11.6. The minimum atomic E-state index is -0.0315. The molecule has 0 amide bonds. The Labute approximate surface area is 87.9 Å². The van der Waals surface area contributed by atoms with Crippen LogP contribution in [0.5, 0.6) is 0 Å². The highest BCUT2D eigenvalue weighted by atomic mass is 32.1. The van der Waals surface area contributed by atoms with Crippen LogP contribution < -0.4 is 0 Å². The molecule has 2 nitrogen and oxygen atoms in total. The Bertz CT molecular complexity index is 339. The molecule has 0 saturated heterocycles.